The van der Waals surface area contributed by atoms with Crippen molar-refractivity contribution in [1.29, 1.82) is 0 Å². The van der Waals surface area contributed by atoms with E-state index in [4.69, 9.17) is 4.74 Å². The summed E-state index contributed by atoms with van der Waals surface area (Å²) < 4.78 is 74.7. The summed E-state index contributed by atoms with van der Waals surface area (Å²) in [6.07, 6.45) is 1.18. The van der Waals surface area contributed by atoms with Crippen LogP contribution in [-0.2, 0) is 19.6 Å². The molecule has 1 amide bonds. The van der Waals surface area contributed by atoms with Crippen LogP contribution >= 0.6 is 0 Å². The van der Waals surface area contributed by atoms with Gasteiger partial charge in [0, 0.05) is 24.3 Å². The van der Waals surface area contributed by atoms with E-state index in [2.05, 4.69) is 5.32 Å². The molecule has 3 aliphatic rings. The van der Waals surface area contributed by atoms with Gasteiger partial charge in [-0.2, -0.15) is 0 Å². The van der Waals surface area contributed by atoms with Crippen molar-refractivity contribution in [2.75, 3.05) is 17.6 Å². The zero-order valence-corrected chi connectivity index (χ0v) is 22.4. The Hall–Kier alpha value is -3.55. The first kappa shape index (κ1) is 28.0. The van der Waals surface area contributed by atoms with Crippen LogP contribution in [0.4, 0.5) is 18.9 Å². The number of sulfonamides is 1. The molecule has 0 saturated heterocycles. The second kappa shape index (κ2) is 10.5. The highest BCUT2D eigenvalue weighted by Gasteiger charge is 2.44. The van der Waals surface area contributed by atoms with E-state index < -0.39 is 52.2 Å². The van der Waals surface area contributed by atoms with Crippen LogP contribution in [0.2, 0.25) is 0 Å². The third kappa shape index (κ3) is 5.16. The first-order valence-electron chi connectivity index (χ1n) is 12.5. The van der Waals surface area contributed by atoms with Crippen LogP contribution in [0.15, 0.2) is 71.1 Å². The Bertz CT molecular complexity index is 1570. The first-order valence-corrected chi connectivity index (χ1v) is 14.4. The molecule has 1 fully saturated rings. The lowest BCUT2D eigenvalue weighted by Gasteiger charge is -2.31. The van der Waals surface area contributed by atoms with Crippen molar-refractivity contribution < 1.29 is 41.2 Å². The zero-order chi connectivity index (χ0) is 28.9. The second-order valence-corrected chi connectivity index (χ2v) is 11.8. The molecule has 0 spiro atoms. The summed E-state index contributed by atoms with van der Waals surface area (Å²) in [5.74, 6) is -0.866. The number of hydrogen-bond donors (Lipinski definition) is 3. The van der Waals surface area contributed by atoms with Gasteiger partial charge >= 0.3 is 7.12 Å². The Morgan fingerprint density at radius 1 is 1.15 bits per heavy atom. The Kier molecular flexibility index (Phi) is 7.32. The number of hydrogen-bond acceptors (Lipinski definition) is 6. The van der Waals surface area contributed by atoms with Crippen LogP contribution in [0.1, 0.15) is 36.8 Å². The molecule has 0 radical (unpaired) electrons. The largest absolute Gasteiger partial charge is 0.488 e. The summed E-state index contributed by atoms with van der Waals surface area (Å²) in [6, 6.07) is 8.65. The number of carbonyl (C=O) groups excluding carboxylic acids is 1. The van der Waals surface area contributed by atoms with E-state index in [1.165, 1.54) is 43.5 Å². The highest BCUT2D eigenvalue weighted by Crippen LogP contribution is 2.52. The van der Waals surface area contributed by atoms with Crippen LogP contribution in [-0.4, -0.2) is 44.8 Å². The van der Waals surface area contributed by atoms with Crippen LogP contribution in [0.3, 0.4) is 0 Å². The third-order valence-corrected chi connectivity index (χ3v) is 8.28. The normalized spacial score (nSPS) is 18.9. The molecule has 2 aromatic carbocycles. The Balaban J connectivity index is 1.65. The molecule has 1 aliphatic heterocycles. The summed E-state index contributed by atoms with van der Waals surface area (Å²) in [4.78, 5) is 13.0. The number of nitrogens with one attached hydrogen (secondary N) is 1. The van der Waals surface area contributed by atoms with Gasteiger partial charge in [-0.3, -0.25) is 4.79 Å². The third-order valence-electron chi connectivity index (χ3n) is 7.21. The van der Waals surface area contributed by atoms with Gasteiger partial charge in [-0.05, 0) is 72.6 Å². The van der Waals surface area contributed by atoms with E-state index in [1.54, 1.807) is 0 Å². The van der Waals surface area contributed by atoms with Crippen molar-refractivity contribution in [3.8, 4) is 0 Å². The molecule has 5 rings (SSSR count). The fraction of sp³-hybridized carbons (Fsp3) is 0.296. The number of halogens is 3. The predicted octanol–water partition coefficient (Wildman–Crippen LogP) is 2.96. The van der Waals surface area contributed by atoms with Crippen molar-refractivity contribution in [3.63, 3.8) is 0 Å². The SMILES string of the molecule is CNC(=O)C1=C(c2ccc(F)cc2)OC2=CC(N(c3ccc(B(O)O)c(C(F)F)c3)S(C)(=O)=O)=C(C3CC3)CC21. The molecular formula is C27H26BF3N2O6S. The van der Waals surface area contributed by atoms with Gasteiger partial charge in [0.05, 0.1) is 29.1 Å². The molecule has 1 unspecified atom stereocenters. The second-order valence-electron chi connectivity index (χ2n) is 9.93. The maximum Gasteiger partial charge on any atom is 0.488 e. The van der Waals surface area contributed by atoms with Crippen molar-refractivity contribution in [2.45, 2.75) is 25.7 Å². The number of benzene rings is 2. The van der Waals surface area contributed by atoms with Crippen LogP contribution in [0.25, 0.3) is 5.76 Å². The minimum Gasteiger partial charge on any atom is -0.460 e. The van der Waals surface area contributed by atoms with Gasteiger partial charge in [0.2, 0.25) is 10.0 Å². The van der Waals surface area contributed by atoms with Gasteiger partial charge in [-0.15, -0.1) is 0 Å². The molecule has 13 heteroatoms. The fourth-order valence-corrected chi connectivity index (χ4v) is 6.28. The van der Waals surface area contributed by atoms with E-state index in [1.807, 2.05) is 0 Å². The van der Waals surface area contributed by atoms with Gasteiger partial charge in [0.25, 0.3) is 12.3 Å². The topological polar surface area (TPSA) is 116 Å². The molecule has 3 N–H and O–H groups in total. The van der Waals surface area contributed by atoms with Crippen molar-refractivity contribution in [3.05, 3.63) is 88.1 Å². The maximum atomic E-state index is 13.8. The van der Waals surface area contributed by atoms with Crippen molar-refractivity contribution in [2.24, 2.45) is 11.8 Å². The monoisotopic (exact) mass is 574 g/mol. The molecular weight excluding hydrogens is 548 g/mol. The molecule has 1 saturated carbocycles. The predicted molar refractivity (Wildman–Crippen MR) is 143 cm³/mol. The minimum absolute atomic E-state index is 0.0194. The number of alkyl halides is 2. The number of ether oxygens (including phenoxy) is 1. The van der Waals surface area contributed by atoms with E-state index in [9.17, 15) is 36.4 Å². The maximum absolute atomic E-state index is 13.8. The summed E-state index contributed by atoms with van der Waals surface area (Å²) >= 11 is 0. The van der Waals surface area contributed by atoms with Crippen LogP contribution in [0.5, 0.6) is 0 Å². The number of anilines is 1. The number of amides is 1. The number of likely N-dealkylation sites (N-methyl/N-ethyl adjacent to an activating group) is 1. The van der Waals surface area contributed by atoms with Gasteiger partial charge in [0.15, 0.2) is 0 Å². The molecule has 1 heterocycles. The number of nitrogens with zero attached hydrogens (tertiary/aromatic N) is 1. The van der Waals surface area contributed by atoms with Crippen molar-refractivity contribution in [1.82, 2.24) is 5.32 Å². The first-order chi connectivity index (χ1) is 18.9. The smallest absolute Gasteiger partial charge is 0.460 e. The number of fused-ring (bicyclic) bond motifs is 1. The zero-order valence-electron chi connectivity index (χ0n) is 21.6. The van der Waals surface area contributed by atoms with Gasteiger partial charge in [-0.25, -0.2) is 25.9 Å². The van der Waals surface area contributed by atoms with Gasteiger partial charge in [-0.1, -0.05) is 6.07 Å². The number of carbonyl (C=O) groups is 1. The molecule has 0 aromatic heterocycles. The van der Waals surface area contributed by atoms with Gasteiger partial charge in [0.1, 0.15) is 17.3 Å². The molecule has 1 atom stereocenters. The molecule has 40 heavy (non-hydrogen) atoms. The Morgan fingerprint density at radius 2 is 1.82 bits per heavy atom. The molecule has 8 nitrogen and oxygen atoms in total. The summed E-state index contributed by atoms with van der Waals surface area (Å²) in [5, 5.41) is 21.7. The molecule has 210 valence electrons. The molecule has 2 aliphatic carbocycles. The van der Waals surface area contributed by atoms with E-state index >= 15 is 0 Å². The lowest BCUT2D eigenvalue weighted by atomic mass is 9.77. The van der Waals surface area contributed by atoms with Crippen LogP contribution < -0.4 is 15.1 Å². The van der Waals surface area contributed by atoms with Gasteiger partial charge < -0.3 is 20.1 Å². The quantitative estimate of drug-likeness (QED) is 0.418. The number of rotatable bonds is 8. The van der Waals surface area contributed by atoms with Crippen molar-refractivity contribution >= 4 is 40.0 Å². The summed E-state index contributed by atoms with van der Waals surface area (Å²) in [7, 11) is -4.79. The standard InChI is InChI=1S/C27H26BF3N2O6S/c1-32-27(34)24-20-12-18(14-3-4-14)22(13-23(20)39-25(24)15-5-7-16(29)8-6-15)33(40(2,37)38)17-9-10-21(28(35)36)19(11-17)26(30)31/h5-11,13-14,20,26,35-36H,3-4,12H2,1-2H3,(H,32,34). The fourth-order valence-electron chi connectivity index (χ4n) is 5.26. The highest BCUT2D eigenvalue weighted by molar-refractivity contribution is 7.92. The van der Waals surface area contributed by atoms with Crippen LogP contribution in [0, 0.1) is 17.7 Å². The molecule has 2 aromatic rings. The lowest BCUT2D eigenvalue weighted by molar-refractivity contribution is -0.117. The Morgan fingerprint density at radius 3 is 2.38 bits per heavy atom. The summed E-state index contributed by atoms with van der Waals surface area (Å²) in [6.45, 7) is 0. The van der Waals surface area contributed by atoms with E-state index in [0.29, 0.717) is 16.9 Å². The average Bonchev–Trinajstić information content (AvgIpc) is 3.68. The van der Waals surface area contributed by atoms with E-state index in [-0.39, 0.29) is 29.5 Å². The Labute approximate surface area is 229 Å². The lowest BCUT2D eigenvalue weighted by Crippen LogP contribution is -2.35. The number of allylic oxidation sites excluding steroid dienone is 3. The summed E-state index contributed by atoms with van der Waals surface area (Å²) in [5.41, 5.74) is 0.486. The average molecular weight is 574 g/mol. The minimum atomic E-state index is -4.09. The van der Waals surface area contributed by atoms with E-state index in [0.717, 1.165) is 41.1 Å². The highest BCUT2D eigenvalue weighted by atomic mass is 32.2. The molecule has 0 bridgehead atoms.